The van der Waals surface area contributed by atoms with Crippen LogP contribution in [0, 0.1) is 0 Å². The summed E-state index contributed by atoms with van der Waals surface area (Å²) < 4.78 is 4.62. The molecule has 0 aromatic heterocycles. The van der Waals surface area contributed by atoms with Crippen LogP contribution in [0.25, 0.3) is 0 Å². The summed E-state index contributed by atoms with van der Waals surface area (Å²) in [5, 5.41) is 5.44. The molecule has 144 valence electrons. The van der Waals surface area contributed by atoms with E-state index in [0.717, 1.165) is 30.6 Å². The van der Waals surface area contributed by atoms with Gasteiger partial charge < -0.3 is 15.4 Å². The van der Waals surface area contributed by atoms with Crippen molar-refractivity contribution in [2.24, 2.45) is 0 Å². The van der Waals surface area contributed by atoms with Crippen molar-refractivity contribution in [2.45, 2.75) is 44.1 Å². The van der Waals surface area contributed by atoms with Crippen LogP contribution in [0.4, 0.5) is 10.5 Å². The molecule has 2 fully saturated rings. The van der Waals surface area contributed by atoms with Gasteiger partial charge in [-0.05, 0) is 37.1 Å². The maximum atomic E-state index is 12.8. The number of esters is 1. The van der Waals surface area contributed by atoms with E-state index >= 15 is 0 Å². The van der Waals surface area contributed by atoms with E-state index in [1.54, 1.807) is 12.1 Å². The van der Waals surface area contributed by atoms with E-state index in [2.05, 4.69) is 15.4 Å². The molecule has 0 atom stereocenters. The summed E-state index contributed by atoms with van der Waals surface area (Å²) in [6, 6.07) is 5.65. The van der Waals surface area contributed by atoms with E-state index in [4.69, 9.17) is 0 Å². The second kappa shape index (κ2) is 7.77. The Kier molecular flexibility index (Phi) is 5.43. The third kappa shape index (κ3) is 3.94. The van der Waals surface area contributed by atoms with Crippen LogP contribution in [-0.2, 0) is 14.3 Å². The van der Waals surface area contributed by atoms with Crippen molar-refractivity contribution < 1.29 is 23.9 Å². The molecule has 0 bridgehead atoms. The molecule has 27 heavy (non-hydrogen) atoms. The van der Waals surface area contributed by atoms with Gasteiger partial charge in [0.15, 0.2) is 0 Å². The minimum absolute atomic E-state index is 0.314. The quantitative estimate of drug-likeness (QED) is 0.621. The summed E-state index contributed by atoms with van der Waals surface area (Å²) in [6.45, 7) is -0.342. The van der Waals surface area contributed by atoms with Crippen molar-refractivity contribution in [3.05, 3.63) is 29.8 Å². The van der Waals surface area contributed by atoms with E-state index < -0.39 is 23.4 Å². The highest BCUT2D eigenvalue weighted by atomic mass is 16.5. The number of ether oxygens (including phenoxy) is 1. The molecule has 1 saturated carbocycles. The van der Waals surface area contributed by atoms with E-state index in [-0.39, 0.29) is 12.5 Å². The maximum Gasteiger partial charge on any atom is 0.337 e. The van der Waals surface area contributed by atoms with Gasteiger partial charge in [0, 0.05) is 5.69 Å². The van der Waals surface area contributed by atoms with Crippen molar-refractivity contribution in [1.29, 1.82) is 0 Å². The first kappa shape index (κ1) is 18.9. The molecule has 1 aliphatic heterocycles. The Morgan fingerprint density at radius 3 is 2.33 bits per heavy atom. The van der Waals surface area contributed by atoms with E-state index in [9.17, 15) is 19.2 Å². The van der Waals surface area contributed by atoms with Crippen LogP contribution in [0.1, 0.15) is 48.9 Å². The number of carbonyl (C=O) groups excluding carboxylic acids is 4. The average molecular weight is 373 g/mol. The second-order valence-corrected chi connectivity index (χ2v) is 6.93. The topological polar surface area (TPSA) is 105 Å². The van der Waals surface area contributed by atoms with Crippen LogP contribution in [0.15, 0.2) is 24.3 Å². The number of nitrogens with one attached hydrogen (secondary N) is 2. The standard InChI is InChI=1S/C19H23N3O5/c1-27-16(24)13-6-8-14(9-7-13)20-15(23)12-22-17(25)19(21-18(22)26)10-4-2-3-5-11-19/h6-9H,2-5,10-12H2,1H3,(H,20,23)(H,21,26). The van der Waals surface area contributed by atoms with Crippen LogP contribution in [0.2, 0.25) is 0 Å². The first-order valence-electron chi connectivity index (χ1n) is 9.07. The number of benzene rings is 1. The van der Waals surface area contributed by atoms with Crippen molar-refractivity contribution in [3.63, 3.8) is 0 Å². The van der Waals surface area contributed by atoms with Gasteiger partial charge in [0.2, 0.25) is 5.91 Å². The molecular weight excluding hydrogens is 350 g/mol. The highest BCUT2D eigenvalue weighted by Gasteiger charge is 2.51. The Hall–Kier alpha value is -2.90. The van der Waals surface area contributed by atoms with Gasteiger partial charge in [0.1, 0.15) is 12.1 Å². The van der Waals surface area contributed by atoms with Crippen LogP contribution < -0.4 is 10.6 Å². The molecule has 1 saturated heterocycles. The predicted molar refractivity (Wildman–Crippen MR) is 97.1 cm³/mol. The smallest absolute Gasteiger partial charge is 0.337 e. The van der Waals surface area contributed by atoms with Crippen molar-refractivity contribution in [3.8, 4) is 0 Å². The molecule has 1 aromatic rings. The fourth-order valence-corrected chi connectivity index (χ4v) is 3.64. The lowest BCUT2D eigenvalue weighted by Gasteiger charge is -2.24. The summed E-state index contributed by atoms with van der Waals surface area (Å²) in [7, 11) is 1.29. The van der Waals surface area contributed by atoms with Crippen LogP contribution in [-0.4, -0.2) is 47.9 Å². The third-order valence-corrected chi connectivity index (χ3v) is 5.09. The number of imide groups is 1. The number of methoxy groups -OCH3 is 1. The molecule has 2 N–H and O–H groups in total. The number of nitrogens with zero attached hydrogens (tertiary/aromatic N) is 1. The van der Waals surface area contributed by atoms with E-state index in [0.29, 0.717) is 24.1 Å². The minimum atomic E-state index is -0.851. The fourth-order valence-electron chi connectivity index (χ4n) is 3.64. The van der Waals surface area contributed by atoms with Crippen LogP contribution >= 0.6 is 0 Å². The predicted octanol–water partition coefficient (Wildman–Crippen LogP) is 2.06. The molecule has 0 radical (unpaired) electrons. The summed E-state index contributed by atoms with van der Waals surface area (Å²) in [4.78, 5) is 49.8. The number of rotatable bonds is 4. The van der Waals surface area contributed by atoms with Gasteiger partial charge in [-0.1, -0.05) is 25.7 Å². The monoisotopic (exact) mass is 373 g/mol. The zero-order chi connectivity index (χ0) is 19.4. The molecule has 1 heterocycles. The van der Waals surface area contributed by atoms with Crippen LogP contribution in [0.3, 0.4) is 0 Å². The molecule has 1 spiro atoms. The molecule has 8 heteroatoms. The molecule has 4 amide bonds. The lowest BCUT2D eigenvalue weighted by Crippen LogP contribution is -2.47. The lowest BCUT2D eigenvalue weighted by atomic mass is 9.90. The molecule has 1 aromatic carbocycles. The zero-order valence-corrected chi connectivity index (χ0v) is 15.2. The van der Waals surface area contributed by atoms with Crippen molar-refractivity contribution in [2.75, 3.05) is 19.0 Å². The molecule has 3 rings (SSSR count). The van der Waals surface area contributed by atoms with E-state index in [1.807, 2.05) is 0 Å². The summed E-state index contributed by atoms with van der Waals surface area (Å²) >= 11 is 0. The maximum absolute atomic E-state index is 12.8. The Labute approximate surface area is 157 Å². The summed E-state index contributed by atoms with van der Waals surface area (Å²) in [5.74, 6) is -1.26. The molecule has 1 aliphatic carbocycles. The Morgan fingerprint density at radius 1 is 1.11 bits per heavy atom. The summed E-state index contributed by atoms with van der Waals surface area (Å²) in [6.07, 6.45) is 5.10. The number of urea groups is 1. The Balaban J connectivity index is 1.62. The molecular formula is C19H23N3O5. The highest BCUT2D eigenvalue weighted by Crippen LogP contribution is 2.32. The van der Waals surface area contributed by atoms with Crippen molar-refractivity contribution >= 4 is 29.5 Å². The molecule has 2 aliphatic rings. The Bertz CT molecular complexity index is 751. The number of amides is 4. The third-order valence-electron chi connectivity index (χ3n) is 5.09. The van der Waals surface area contributed by atoms with Gasteiger partial charge in [-0.15, -0.1) is 0 Å². The van der Waals surface area contributed by atoms with Gasteiger partial charge in [-0.2, -0.15) is 0 Å². The van der Waals surface area contributed by atoms with Gasteiger partial charge in [-0.3, -0.25) is 14.5 Å². The highest BCUT2D eigenvalue weighted by molar-refractivity contribution is 6.10. The average Bonchev–Trinajstić information content (AvgIpc) is 2.83. The van der Waals surface area contributed by atoms with Gasteiger partial charge in [-0.25, -0.2) is 9.59 Å². The van der Waals surface area contributed by atoms with Crippen LogP contribution in [0.5, 0.6) is 0 Å². The number of hydrogen-bond donors (Lipinski definition) is 2. The SMILES string of the molecule is COC(=O)c1ccc(NC(=O)CN2C(=O)NC3(CCCCCC3)C2=O)cc1. The van der Waals surface area contributed by atoms with Gasteiger partial charge in [0.05, 0.1) is 12.7 Å². The number of hydrogen-bond acceptors (Lipinski definition) is 5. The number of anilines is 1. The summed E-state index contributed by atoms with van der Waals surface area (Å²) in [5.41, 5.74) is -0.0282. The molecule has 0 unspecified atom stereocenters. The fraction of sp³-hybridized carbons (Fsp3) is 0.474. The largest absolute Gasteiger partial charge is 0.465 e. The van der Waals surface area contributed by atoms with E-state index in [1.165, 1.54) is 19.2 Å². The van der Waals surface area contributed by atoms with Gasteiger partial charge in [0.25, 0.3) is 5.91 Å². The second-order valence-electron chi connectivity index (χ2n) is 6.93. The van der Waals surface area contributed by atoms with Gasteiger partial charge >= 0.3 is 12.0 Å². The lowest BCUT2D eigenvalue weighted by molar-refractivity contribution is -0.134. The van der Waals surface area contributed by atoms with Crippen molar-refractivity contribution in [1.82, 2.24) is 10.2 Å². The minimum Gasteiger partial charge on any atom is -0.465 e. The first-order valence-corrected chi connectivity index (χ1v) is 9.07. The Morgan fingerprint density at radius 2 is 1.74 bits per heavy atom. The number of carbonyl (C=O) groups is 4. The normalized spacial score (nSPS) is 18.8. The zero-order valence-electron chi connectivity index (χ0n) is 15.2. The molecule has 8 nitrogen and oxygen atoms in total. The first-order chi connectivity index (χ1) is 12.9.